The largest absolute Gasteiger partial charge is 0.493 e. The summed E-state index contributed by atoms with van der Waals surface area (Å²) >= 11 is 6.11. The third kappa shape index (κ3) is 3.35. The average molecular weight is 385 g/mol. The van der Waals surface area contributed by atoms with Gasteiger partial charge in [0.15, 0.2) is 11.5 Å². The minimum Gasteiger partial charge on any atom is -0.493 e. The maximum absolute atomic E-state index is 12.9. The molecule has 1 N–H and O–H groups in total. The van der Waals surface area contributed by atoms with E-state index in [1.807, 2.05) is 41.4 Å². The molecule has 0 saturated heterocycles. The van der Waals surface area contributed by atoms with Crippen LogP contribution in [-0.4, -0.2) is 36.6 Å². The molecule has 1 aliphatic rings. The minimum atomic E-state index is 0.108. The molecule has 0 bridgehead atoms. The number of benzene rings is 2. The van der Waals surface area contributed by atoms with E-state index in [0.717, 1.165) is 34.2 Å². The van der Waals surface area contributed by atoms with E-state index < -0.39 is 0 Å². The van der Waals surface area contributed by atoms with E-state index in [-0.39, 0.29) is 5.91 Å². The summed E-state index contributed by atoms with van der Waals surface area (Å²) in [6.07, 6.45) is 3.05. The molecule has 0 unspecified atom stereocenters. The van der Waals surface area contributed by atoms with Gasteiger partial charge in [-0.2, -0.15) is 0 Å². The first-order valence-electron chi connectivity index (χ1n) is 8.86. The van der Waals surface area contributed by atoms with E-state index in [1.54, 1.807) is 14.2 Å². The number of carbonyl (C=O) groups excluding carboxylic acids is 1. The number of ether oxygens (including phenoxy) is 2. The van der Waals surface area contributed by atoms with E-state index >= 15 is 0 Å². The molecule has 0 aliphatic carbocycles. The van der Waals surface area contributed by atoms with Crippen LogP contribution < -0.4 is 9.47 Å². The first-order valence-corrected chi connectivity index (χ1v) is 9.24. The predicted octanol–water partition coefficient (Wildman–Crippen LogP) is 3.97. The maximum atomic E-state index is 12.9. The van der Waals surface area contributed by atoms with Crippen molar-refractivity contribution in [2.75, 3.05) is 20.8 Å². The standard InChI is InChI=1S/C21H21ClN2O3/c1-26-19-7-13-5-6-24(12-15(13)8-20(19)27-2)21(25)9-14-11-23-18-4-3-16(22)10-17(14)18/h3-4,7-8,10-11,23H,5-6,9,12H2,1-2H3. The highest BCUT2D eigenvalue weighted by atomic mass is 35.5. The third-order valence-electron chi connectivity index (χ3n) is 5.14. The van der Waals surface area contributed by atoms with Gasteiger partial charge in [0.1, 0.15) is 0 Å². The van der Waals surface area contributed by atoms with Crippen molar-refractivity contribution in [2.45, 2.75) is 19.4 Å². The Morgan fingerprint density at radius 2 is 1.89 bits per heavy atom. The number of nitrogens with zero attached hydrogens (tertiary/aromatic N) is 1. The number of aromatic amines is 1. The van der Waals surface area contributed by atoms with Crippen LogP contribution in [0.2, 0.25) is 5.02 Å². The molecule has 0 fully saturated rings. The Balaban J connectivity index is 1.54. The number of amides is 1. The van der Waals surface area contributed by atoms with Gasteiger partial charge in [-0.15, -0.1) is 0 Å². The molecule has 27 heavy (non-hydrogen) atoms. The fourth-order valence-electron chi connectivity index (χ4n) is 3.67. The van der Waals surface area contributed by atoms with Crippen LogP contribution >= 0.6 is 11.6 Å². The Hall–Kier alpha value is -2.66. The summed E-state index contributed by atoms with van der Waals surface area (Å²) in [6.45, 7) is 1.28. The summed E-state index contributed by atoms with van der Waals surface area (Å²) in [5.74, 6) is 1.53. The van der Waals surface area contributed by atoms with Crippen LogP contribution in [0.1, 0.15) is 16.7 Å². The third-order valence-corrected chi connectivity index (χ3v) is 5.38. The van der Waals surface area contributed by atoms with Gasteiger partial charge >= 0.3 is 0 Å². The Morgan fingerprint density at radius 1 is 1.15 bits per heavy atom. The molecule has 0 atom stereocenters. The molecule has 2 aromatic carbocycles. The Labute approximate surface area is 162 Å². The molecule has 0 saturated carbocycles. The summed E-state index contributed by atoms with van der Waals surface area (Å²) in [5.41, 5.74) is 4.27. The second kappa shape index (κ2) is 7.16. The average Bonchev–Trinajstić information content (AvgIpc) is 3.08. The lowest BCUT2D eigenvalue weighted by Crippen LogP contribution is -2.36. The van der Waals surface area contributed by atoms with Gasteiger partial charge in [0, 0.05) is 35.2 Å². The number of nitrogens with one attached hydrogen (secondary N) is 1. The van der Waals surface area contributed by atoms with E-state index in [0.29, 0.717) is 30.3 Å². The lowest BCUT2D eigenvalue weighted by molar-refractivity contribution is -0.131. The zero-order chi connectivity index (χ0) is 19.0. The normalized spacial score (nSPS) is 13.5. The molecule has 0 radical (unpaired) electrons. The number of halogens is 1. The van der Waals surface area contributed by atoms with Gasteiger partial charge in [0.2, 0.25) is 5.91 Å². The molecule has 4 rings (SSSR count). The second-order valence-corrected chi connectivity index (χ2v) is 7.16. The van der Waals surface area contributed by atoms with Crippen LogP contribution in [0.3, 0.4) is 0 Å². The Kier molecular flexibility index (Phi) is 4.70. The van der Waals surface area contributed by atoms with Gasteiger partial charge in [0.05, 0.1) is 20.6 Å². The van der Waals surface area contributed by atoms with Crippen molar-refractivity contribution in [1.29, 1.82) is 0 Å². The maximum Gasteiger partial charge on any atom is 0.227 e. The van der Waals surface area contributed by atoms with Gasteiger partial charge in [0.25, 0.3) is 0 Å². The van der Waals surface area contributed by atoms with Crippen molar-refractivity contribution < 1.29 is 14.3 Å². The molecule has 2 heterocycles. The Morgan fingerprint density at radius 3 is 2.63 bits per heavy atom. The van der Waals surface area contributed by atoms with Crippen LogP contribution in [0.25, 0.3) is 10.9 Å². The summed E-state index contributed by atoms with van der Waals surface area (Å²) in [5, 5.41) is 1.67. The van der Waals surface area contributed by atoms with Crippen LogP contribution in [0.15, 0.2) is 36.5 Å². The number of rotatable bonds is 4. The van der Waals surface area contributed by atoms with E-state index in [1.165, 1.54) is 5.56 Å². The monoisotopic (exact) mass is 384 g/mol. The van der Waals surface area contributed by atoms with Crippen molar-refractivity contribution in [3.8, 4) is 11.5 Å². The zero-order valence-electron chi connectivity index (χ0n) is 15.3. The lowest BCUT2D eigenvalue weighted by Gasteiger charge is -2.29. The summed E-state index contributed by atoms with van der Waals surface area (Å²) < 4.78 is 10.8. The highest BCUT2D eigenvalue weighted by molar-refractivity contribution is 6.31. The number of H-pyrrole nitrogens is 1. The van der Waals surface area contributed by atoms with E-state index in [4.69, 9.17) is 21.1 Å². The molecule has 1 aromatic heterocycles. The number of hydrogen-bond acceptors (Lipinski definition) is 3. The van der Waals surface area contributed by atoms with Gasteiger partial charge in [-0.05, 0) is 53.4 Å². The SMILES string of the molecule is COc1cc2c(cc1OC)CN(C(=O)Cc1c[nH]c3ccc(Cl)cc13)CC2. The van der Waals surface area contributed by atoms with Crippen molar-refractivity contribution >= 4 is 28.4 Å². The lowest BCUT2D eigenvalue weighted by atomic mass is 9.98. The first kappa shape index (κ1) is 17.7. The van der Waals surface area contributed by atoms with Crippen molar-refractivity contribution in [2.24, 2.45) is 0 Å². The molecule has 3 aromatic rings. The molecule has 1 amide bonds. The van der Waals surface area contributed by atoms with Crippen molar-refractivity contribution in [1.82, 2.24) is 9.88 Å². The van der Waals surface area contributed by atoms with Crippen molar-refractivity contribution in [3.63, 3.8) is 0 Å². The van der Waals surface area contributed by atoms with Crippen LogP contribution in [0.4, 0.5) is 0 Å². The number of hydrogen-bond donors (Lipinski definition) is 1. The van der Waals surface area contributed by atoms with Crippen LogP contribution in [0, 0.1) is 0 Å². The highest BCUT2D eigenvalue weighted by Crippen LogP contribution is 2.33. The quantitative estimate of drug-likeness (QED) is 0.740. The number of methoxy groups -OCH3 is 2. The summed E-state index contributed by atoms with van der Waals surface area (Å²) in [4.78, 5) is 18.0. The van der Waals surface area contributed by atoms with Gasteiger partial charge in [-0.25, -0.2) is 0 Å². The number of fused-ring (bicyclic) bond motifs is 2. The van der Waals surface area contributed by atoms with Crippen LogP contribution in [-0.2, 0) is 24.2 Å². The Bertz CT molecular complexity index is 1010. The zero-order valence-corrected chi connectivity index (χ0v) is 16.1. The summed E-state index contributed by atoms with van der Waals surface area (Å²) in [6, 6.07) is 9.66. The first-order chi connectivity index (χ1) is 13.1. The van der Waals surface area contributed by atoms with Gasteiger partial charge < -0.3 is 19.4 Å². The van der Waals surface area contributed by atoms with E-state index in [2.05, 4.69) is 4.98 Å². The number of carbonyl (C=O) groups is 1. The molecule has 6 heteroatoms. The fourth-order valence-corrected chi connectivity index (χ4v) is 3.84. The van der Waals surface area contributed by atoms with Crippen molar-refractivity contribution in [3.05, 3.63) is 58.2 Å². The summed E-state index contributed by atoms with van der Waals surface area (Å²) in [7, 11) is 3.26. The topological polar surface area (TPSA) is 54.6 Å². The smallest absolute Gasteiger partial charge is 0.227 e. The van der Waals surface area contributed by atoms with Gasteiger partial charge in [-0.3, -0.25) is 4.79 Å². The molecular formula is C21H21ClN2O3. The molecule has 1 aliphatic heterocycles. The fraction of sp³-hybridized carbons (Fsp3) is 0.286. The highest BCUT2D eigenvalue weighted by Gasteiger charge is 2.23. The predicted molar refractivity (Wildman–Crippen MR) is 106 cm³/mol. The second-order valence-electron chi connectivity index (χ2n) is 6.72. The van der Waals surface area contributed by atoms with Crippen LogP contribution in [0.5, 0.6) is 11.5 Å². The van der Waals surface area contributed by atoms with Gasteiger partial charge in [-0.1, -0.05) is 11.6 Å². The number of aromatic nitrogens is 1. The molecule has 0 spiro atoms. The molecule has 140 valence electrons. The van der Waals surface area contributed by atoms with E-state index in [9.17, 15) is 4.79 Å². The minimum absolute atomic E-state index is 0.108. The molecular weight excluding hydrogens is 364 g/mol. The molecule has 5 nitrogen and oxygen atoms in total.